The van der Waals surface area contributed by atoms with Crippen LogP contribution >= 0.6 is 23.4 Å². The fourth-order valence-corrected chi connectivity index (χ4v) is 4.15. The van der Waals surface area contributed by atoms with E-state index in [-0.39, 0.29) is 35.0 Å². The van der Waals surface area contributed by atoms with Crippen LogP contribution in [-0.4, -0.2) is 51.1 Å². The number of thioether (sulfide) groups is 1. The zero-order valence-corrected chi connectivity index (χ0v) is 17.9. The summed E-state index contributed by atoms with van der Waals surface area (Å²) in [6.07, 6.45) is 3.37. The summed E-state index contributed by atoms with van der Waals surface area (Å²) < 4.78 is 4.91. The minimum Gasteiger partial charge on any atom is -0.462 e. The van der Waals surface area contributed by atoms with Crippen molar-refractivity contribution in [2.75, 3.05) is 18.9 Å². The van der Waals surface area contributed by atoms with E-state index in [1.807, 2.05) is 0 Å². The van der Waals surface area contributed by atoms with Gasteiger partial charge in [-0.2, -0.15) is 0 Å². The number of benzene rings is 1. The average Bonchev–Trinajstić information content (AvgIpc) is 2.90. The van der Waals surface area contributed by atoms with Crippen molar-refractivity contribution in [2.45, 2.75) is 36.6 Å². The fraction of sp³-hybridized carbons (Fsp3) is 0.350. The molecule has 0 radical (unpaired) electrons. The molecule has 1 fully saturated rings. The van der Waals surface area contributed by atoms with Gasteiger partial charge in [0, 0.05) is 23.3 Å². The Balaban J connectivity index is 1.76. The van der Waals surface area contributed by atoms with Crippen LogP contribution in [0.15, 0.2) is 35.6 Å². The average molecular weight is 449 g/mol. The molecule has 3 rings (SSSR count). The number of nitrogen functional groups attached to an aromatic ring is 1. The molecule has 2 heterocycles. The number of esters is 1. The summed E-state index contributed by atoms with van der Waals surface area (Å²) in [5.74, 6) is -1.27. The summed E-state index contributed by atoms with van der Waals surface area (Å²) in [5, 5.41) is 0.250. The van der Waals surface area contributed by atoms with Gasteiger partial charge in [0.2, 0.25) is 5.91 Å². The first kappa shape index (κ1) is 22.0. The van der Waals surface area contributed by atoms with Gasteiger partial charge in [0.1, 0.15) is 11.4 Å². The van der Waals surface area contributed by atoms with Gasteiger partial charge in [-0.3, -0.25) is 14.5 Å². The molecule has 30 heavy (non-hydrogen) atoms. The van der Waals surface area contributed by atoms with Crippen LogP contribution in [0.5, 0.6) is 0 Å². The molecule has 8 nitrogen and oxygen atoms in total. The maximum atomic E-state index is 13.1. The van der Waals surface area contributed by atoms with E-state index in [2.05, 4.69) is 9.97 Å². The van der Waals surface area contributed by atoms with Crippen molar-refractivity contribution in [3.63, 3.8) is 0 Å². The number of nitrogens with two attached hydrogens (primary N) is 1. The Bertz CT molecular complexity index is 954. The second-order valence-corrected chi connectivity index (χ2v) is 8.18. The number of nitrogens with zero attached hydrogens (tertiary/aromatic N) is 3. The van der Waals surface area contributed by atoms with Gasteiger partial charge in [-0.05, 0) is 44.0 Å². The van der Waals surface area contributed by atoms with E-state index < -0.39 is 11.2 Å². The van der Waals surface area contributed by atoms with E-state index in [0.717, 1.165) is 18.2 Å². The van der Waals surface area contributed by atoms with Gasteiger partial charge in [0.15, 0.2) is 5.16 Å². The first-order valence-corrected chi connectivity index (χ1v) is 10.7. The van der Waals surface area contributed by atoms with Gasteiger partial charge in [-0.15, -0.1) is 0 Å². The largest absolute Gasteiger partial charge is 0.462 e. The molecular formula is C20H21ClN4O4S. The van der Waals surface area contributed by atoms with E-state index in [1.165, 1.54) is 11.1 Å². The van der Waals surface area contributed by atoms with Crippen molar-refractivity contribution in [3.8, 4) is 0 Å². The summed E-state index contributed by atoms with van der Waals surface area (Å²) in [4.78, 5) is 47.3. The highest BCUT2D eigenvalue weighted by molar-refractivity contribution is 8.00. The lowest BCUT2D eigenvalue weighted by atomic mass is 10.2. The monoisotopic (exact) mass is 448 g/mol. The summed E-state index contributed by atoms with van der Waals surface area (Å²) in [5.41, 5.74) is 6.34. The molecule has 1 aliphatic heterocycles. The number of rotatable bonds is 5. The molecule has 158 valence electrons. The van der Waals surface area contributed by atoms with Crippen LogP contribution in [0, 0.1) is 0 Å². The van der Waals surface area contributed by atoms with Gasteiger partial charge in [-0.1, -0.05) is 29.8 Å². The van der Waals surface area contributed by atoms with Crippen LogP contribution in [0.3, 0.4) is 0 Å². The number of amides is 2. The third-order valence-electron chi connectivity index (χ3n) is 4.51. The van der Waals surface area contributed by atoms with Crippen LogP contribution in [0.2, 0.25) is 5.02 Å². The Labute approximate surface area is 183 Å². The molecule has 2 N–H and O–H groups in total. The molecule has 1 aromatic heterocycles. The SMILES string of the molecule is CCOC(=O)c1cnc(SC2CCCCN(C(=O)c3ccc(Cl)cc3)C2=O)nc1N. The van der Waals surface area contributed by atoms with E-state index in [0.29, 0.717) is 30.0 Å². The fourth-order valence-electron chi connectivity index (χ4n) is 2.99. The molecule has 1 saturated heterocycles. The third kappa shape index (κ3) is 5.09. The van der Waals surface area contributed by atoms with Crippen molar-refractivity contribution in [1.29, 1.82) is 0 Å². The highest BCUT2D eigenvalue weighted by Crippen LogP contribution is 2.29. The van der Waals surface area contributed by atoms with Crippen LogP contribution in [0.1, 0.15) is 46.9 Å². The van der Waals surface area contributed by atoms with Crippen molar-refractivity contribution in [2.24, 2.45) is 0 Å². The highest BCUT2D eigenvalue weighted by Gasteiger charge is 2.33. The predicted molar refractivity (Wildman–Crippen MR) is 113 cm³/mol. The minimum absolute atomic E-state index is 0.0129. The summed E-state index contributed by atoms with van der Waals surface area (Å²) in [7, 11) is 0. The van der Waals surface area contributed by atoms with Crippen molar-refractivity contribution < 1.29 is 19.1 Å². The minimum atomic E-state index is -0.600. The quantitative estimate of drug-likeness (QED) is 0.421. The van der Waals surface area contributed by atoms with Gasteiger partial charge in [0.05, 0.1) is 11.9 Å². The summed E-state index contributed by atoms with van der Waals surface area (Å²) in [6, 6.07) is 6.43. The number of hydrogen-bond acceptors (Lipinski definition) is 8. The van der Waals surface area contributed by atoms with Gasteiger partial charge < -0.3 is 10.5 Å². The number of halogens is 1. The Morgan fingerprint density at radius 1 is 1.30 bits per heavy atom. The molecular weight excluding hydrogens is 428 g/mol. The Morgan fingerprint density at radius 2 is 2.03 bits per heavy atom. The number of aromatic nitrogens is 2. The number of anilines is 1. The van der Waals surface area contributed by atoms with Crippen LogP contribution < -0.4 is 5.73 Å². The van der Waals surface area contributed by atoms with Crippen molar-refractivity contribution in [1.82, 2.24) is 14.9 Å². The molecule has 0 spiro atoms. The first-order chi connectivity index (χ1) is 14.4. The second-order valence-electron chi connectivity index (χ2n) is 6.58. The lowest BCUT2D eigenvalue weighted by Crippen LogP contribution is -2.41. The van der Waals surface area contributed by atoms with E-state index in [1.54, 1.807) is 31.2 Å². The number of carbonyl (C=O) groups is 3. The maximum absolute atomic E-state index is 13.1. The Hall–Kier alpha value is -2.65. The normalized spacial score (nSPS) is 16.8. The molecule has 0 bridgehead atoms. The number of hydrogen-bond donors (Lipinski definition) is 1. The second kappa shape index (κ2) is 9.90. The molecule has 1 aromatic carbocycles. The third-order valence-corrected chi connectivity index (χ3v) is 5.90. The summed E-state index contributed by atoms with van der Waals surface area (Å²) >= 11 is 7.02. The van der Waals surface area contributed by atoms with Gasteiger partial charge in [-0.25, -0.2) is 14.8 Å². The number of likely N-dealkylation sites (tertiary alicyclic amines) is 1. The topological polar surface area (TPSA) is 115 Å². The lowest BCUT2D eigenvalue weighted by Gasteiger charge is -2.22. The molecule has 2 amide bonds. The first-order valence-electron chi connectivity index (χ1n) is 9.48. The number of imide groups is 1. The van der Waals surface area contributed by atoms with Gasteiger partial charge >= 0.3 is 5.97 Å². The van der Waals surface area contributed by atoms with Gasteiger partial charge in [0.25, 0.3) is 5.91 Å². The van der Waals surface area contributed by atoms with Crippen LogP contribution in [-0.2, 0) is 9.53 Å². The standard InChI is InChI=1S/C20H21ClN4O4S/c1-2-29-19(28)14-11-23-20(24-16(14)22)30-15-5-3-4-10-25(18(15)27)17(26)12-6-8-13(21)9-7-12/h6-9,11,15H,2-5,10H2,1H3,(H2,22,23,24). The number of carbonyl (C=O) groups excluding carboxylic acids is 3. The molecule has 1 atom stereocenters. The Kier molecular flexibility index (Phi) is 7.28. The molecule has 1 unspecified atom stereocenters. The zero-order valence-electron chi connectivity index (χ0n) is 16.3. The number of ether oxygens (including phenoxy) is 1. The van der Waals surface area contributed by atoms with Crippen molar-refractivity contribution in [3.05, 3.63) is 46.6 Å². The molecule has 0 aliphatic carbocycles. The van der Waals surface area contributed by atoms with E-state index in [4.69, 9.17) is 22.1 Å². The molecule has 10 heteroatoms. The lowest BCUT2D eigenvalue weighted by molar-refractivity contribution is -0.127. The van der Waals surface area contributed by atoms with Crippen LogP contribution in [0.25, 0.3) is 0 Å². The van der Waals surface area contributed by atoms with E-state index in [9.17, 15) is 14.4 Å². The summed E-state index contributed by atoms with van der Waals surface area (Å²) in [6.45, 7) is 2.25. The molecule has 0 saturated carbocycles. The van der Waals surface area contributed by atoms with E-state index >= 15 is 0 Å². The zero-order chi connectivity index (χ0) is 21.7. The smallest absolute Gasteiger partial charge is 0.343 e. The molecule has 1 aliphatic rings. The van der Waals surface area contributed by atoms with Crippen LogP contribution in [0.4, 0.5) is 5.82 Å². The Morgan fingerprint density at radius 3 is 2.70 bits per heavy atom. The van der Waals surface area contributed by atoms with Crippen molar-refractivity contribution >= 4 is 47.0 Å². The predicted octanol–water partition coefficient (Wildman–Crippen LogP) is 3.20. The maximum Gasteiger partial charge on any atom is 0.343 e. The highest BCUT2D eigenvalue weighted by atomic mass is 35.5. The molecule has 2 aromatic rings.